The maximum absolute atomic E-state index is 12.6. The Labute approximate surface area is 181 Å². The Morgan fingerprint density at radius 2 is 1.71 bits per heavy atom. The molecule has 0 bridgehead atoms. The quantitative estimate of drug-likeness (QED) is 0.422. The highest BCUT2D eigenvalue weighted by molar-refractivity contribution is 9.28. The van der Waals surface area contributed by atoms with E-state index >= 15 is 0 Å². The van der Waals surface area contributed by atoms with Crippen molar-refractivity contribution >= 4 is 37.8 Å². The number of nitriles is 1. The Balaban J connectivity index is 1.66. The van der Waals surface area contributed by atoms with Gasteiger partial charge in [-0.3, -0.25) is 4.79 Å². The Bertz CT molecular complexity index is 913. The number of carbonyl (C=O) groups is 1. The number of esters is 1. The highest BCUT2D eigenvalue weighted by atomic mass is 79.9. The molecule has 1 saturated carbocycles. The topological polar surface area (TPSA) is 59.3 Å². The fourth-order valence-electron chi connectivity index (χ4n) is 3.27. The first kappa shape index (κ1) is 20.6. The molecule has 1 aliphatic carbocycles. The monoisotopic (exact) mass is 503 g/mol. The summed E-state index contributed by atoms with van der Waals surface area (Å²) < 4.78 is 12.1. The van der Waals surface area contributed by atoms with E-state index in [4.69, 9.17) is 9.47 Å². The van der Waals surface area contributed by atoms with Crippen molar-refractivity contribution in [2.45, 2.75) is 20.0 Å². The van der Waals surface area contributed by atoms with Crippen molar-refractivity contribution in [3.63, 3.8) is 0 Å². The van der Waals surface area contributed by atoms with Gasteiger partial charge in [-0.05, 0) is 67.5 Å². The maximum Gasteiger partial charge on any atom is 0.311 e. The van der Waals surface area contributed by atoms with Gasteiger partial charge in [0.05, 0.1) is 9.31 Å². The fourth-order valence-corrected chi connectivity index (χ4v) is 3.84. The van der Waals surface area contributed by atoms with Crippen LogP contribution in [0.25, 0.3) is 0 Å². The second-order valence-corrected chi connectivity index (χ2v) is 9.98. The van der Waals surface area contributed by atoms with E-state index in [2.05, 4.69) is 37.9 Å². The zero-order chi connectivity index (χ0) is 20.3. The molecule has 0 N–H and O–H groups in total. The molecule has 3 rings (SSSR count). The van der Waals surface area contributed by atoms with Crippen LogP contribution in [-0.4, -0.2) is 5.97 Å². The molecule has 3 atom stereocenters. The van der Waals surface area contributed by atoms with Gasteiger partial charge in [-0.25, -0.2) is 0 Å². The van der Waals surface area contributed by atoms with Gasteiger partial charge >= 0.3 is 5.97 Å². The number of allylic oxidation sites excluding steroid dienone is 1. The second kappa shape index (κ2) is 8.50. The van der Waals surface area contributed by atoms with Crippen LogP contribution in [0.4, 0.5) is 0 Å². The standard InChI is InChI=1S/C22H19Br2NO3/c1-22(2)17(12-19(23)24)20(22)21(26)28-18(13-25)14-8-10-16(11-9-14)27-15-6-4-3-5-7-15/h3-12,17-18,20H,1-2H3/t17-,18+,20-/m0/s1. The molecule has 0 spiro atoms. The zero-order valence-corrected chi connectivity index (χ0v) is 18.6. The van der Waals surface area contributed by atoms with Crippen molar-refractivity contribution in [3.05, 3.63) is 69.6 Å². The van der Waals surface area contributed by atoms with Gasteiger partial charge < -0.3 is 9.47 Å². The first-order valence-corrected chi connectivity index (χ1v) is 10.4. The van der Waals surface area contributed by atoms with Crippen LogP contribution in [0.1, 0.15) is 25.5 Å². The number of hydrogen-bond acceptors (Lipinski definition) is 4. The molecule has 0 aliphatic heterocycles. The predicted molar refractivity (Wildman–Crippen MR) is 114 cm³/mol. The Kier molecular flexibility index (Phi) is 6.26. The van der Waals surface area contributed by atoms with Gasteiger partial charge in [0.25, 0.3) is 0 Å². The molecule has 0 radical (unpaired) electrons. The van der Waals surface area contributed by atoms with E-state index in [9.17, 15) is 10.1 Å². The van der Waals surface area contributed by atoms with Crippen molar-refractivity contribution < 1.29 is 14.3 Å². The number of nitrogens with zero attached hydrogens (tertiary/aromatic N) is 1. The first-order chi connectivity index (χ1) is 13.3. The number of carbonyl (C=O) groups excluding carboxylic acids is 1. The highest BCUT2D eigenvalue weighted by Gasteiger charge is 2.61. The lowest BCUT2D eigenvalue weighted by Crippen LogP contribution is -2.14. The lowest BCUT2D eigenvalue weighted by atomic mass is 10.1. The van der Waals surface area contributed by atoms with Crippen molar-refractivity contribution in [3.8, 4) is 17.6 Å². The average Bonchev–Trinajstić information content (AvgIpc) is 3.20. The summed E-state index contributed by atoms with van der Waals surface area (Å²) in [5.41, 5.74) is 0.417. The van der Waals surface area contributed by atoms with Gasteiger partial charge in [0.2, 0.25) is 6.10 Å². The lowest BCUT2D eigenvalue weighted by Gasteiger charge is -2.13. The number of para-hydroxylation sites is 1. The van der Waals surface area contributed by atoms with E-state index in [0.717, 1.165) is 9.14 Å². The Hall–Kier alpha value is -2.10. The van der Waals surface area contributed by atoms with Crippen LogP contribution in [-0.2, 0) is 9.53 Å². The van der Waals surface area contributed by atoms with E-state index in [1.165, 1.54) is 0 Å². The fraction of sp³-hybridized carbons (Fsp3) is 0.273. The summed E-state index contributed by atoms with van der Waals surface area (Å²) in [6.45, 7) is 4.03. The van der Waals surface area contributed by atoms with Gasteiger partial charge in [0.15, 0.2) is 0 Å². The minimum absolute atomic E-state index is 0.0646. The third-order valence-corrected chi connectivity index (χ3v) is 5.51. The number of halogens is 2. The third-order valence-electron chi connectivity index (χ3n) is 4.98. The van der Waals surface area contributed by atoms with Crippen molar-refractivity contribution in [1.82, 2.24) is 0 Å². The third kappa shape index (κ3) is 4.65. The SMILES string of the molecule is CC1(C)[C@H](C(=O)O[C@H](C#N)c2ccc(Oc3ccccc3)cc2)[C@@H]1C=C(Br)Br. The molecular weight excluding hydrogens is 486 g/mol. The highest BCUT2D eigenvalue weighted by Crippen LogP contribution is 2.60. The molecule has 1 fully saturated rings. The van der Waals surface area contributed by atoms with E-state index in [-0.39, 0.29) is 23.2 Å². The summed E-state index contributed by atoms with van der Waals surface area (Å²) >= 11 is 6.67. The molecule has 144 valence electrons. The van der Waals surface area contributed by atoms with E-state index < -0.39 is 6.10 Å². The molecule has 0 saturated heterocycles. The second-order valence-electron chi connectivity index (χ2n) is 7.21. The van der Waals surface area contributed by atoms with Crippen molar-refractivity contribution in [1.29, 1.82) is 5.26 Å². The van der Waals surface area contributed by atoms with E-state index in [1.54, 1.807) is 24.3 Å². The predicted octanol–water partition coefficient (Wildman–Crippen LogP) is 6.49. The summed E-state index contributed by atoms with van der Waals surface area (Å²) in [6, 6.07) is 18.5. The van der Waals surface area contributed by atoms with Crippen molar-refractivity contribution in [2.24, 2.45) is 17.3 Å². The molecular formula is C22H19Br2NO3. The summed E-state index contributed by atoms with van der Waals surface area (Å²) in [7, 11) is 0. The van der Waals surface area contributed by atoms with Crippen LogP contribution >= 0.6 is 31.9 Å². The zero-order valence-electron chi connectivity index (χ0n) is 15.4. The molecule has 0 heterocycles. The average molecular weight is 505 g/mol. The molecule has 0 unspecified atom stereocenters. The maximum atomic E-state index is 12.6. The van der Waals surface area contributed by atoms with E-state index in [1.807, 2.05) is 50.3 Å². The number of benzene rings is 2. The molecule has 2 aromatic carbocycles. The molecule has 1 aliphatic rings. The number of hydrogen-bond donors (Lipinski definition) is 0. The minimum atomic E-state index is -0.952. The van der Waals surface area contributed by atoms with Crippen molar-refractivity contribution in [2.75, 3.05) is 0 Å². The summed E-state index contributed by atoms with van der Waals surface area (Å²) in [5.74, 6) is 0.813. The Morgan fingerprint density at radius 3 is 2.29 bits per heavy atom. The molecule has 0 amide bonds. The summed E-state index contributed by atoms with van der Waals surface area (Å²) in [4.78, 5) is 12.6. The number of ether oxygens (including phenoxy) is 2. The molecule has 28 heavy (non-hydrogen) atoms. The van der Waals surface area contributed by atoms with Crippen LogP contribution in [0.15, 0.2) is 64.1 Å². The lowest BCUT2D eigenvalue weighted by molar-refractivity contribution is -0.149. The van der Waals surface area contributed by atoms with Crippen LogP contribution in [0, 0.1) is 28.6 Å². The van der Waals surface area contributed by atoms with E-state index in [0.29, 0.717) is 11.3 Å². The van der Waals surface area contributed by atoms with Crippen LogP contribution < -0.4 is 4.74 Å². The van der Waals surface area contributed by atoms with Gasteiger partial charge in [-0.15, -0.1) is 0 Å². The van der Waals surface area contributed by atoms with Gasteiger partial charge in [0.1, 0.15) is 17.6 Å². The Morgan fingerprint density at radius 1 is 1.11 bits per heavy atom. The van der Waals surface area contributed by atoms with Gasteiger partial charge in [-0.2, -0.15) is 5.26 Å². The number of rotatable bonds is 6. The van der Waals surface area contributed by atoms with Gasteiger partial charge in [-0.1, -0.05) is 50.3 Å². The van der Waals surface area contributed by atoms with Crippen LogP contribution in [0.3, 0.4) is 0 Å². The van der Waals surface area contributed by atoms with Crippen LogP contribution in [0.2, 0.25) is 0 Å². The largest absolute Gasteiger partial charge is 0.457 e. The summed E-state index contributed by atoms with van der Waals surface area (Å²) in [5, 5.41) is 9.49. The summed E-state index contributed by atoms with van der Waals surface area (Å²) in [6.07, 6.45) is 0.995. The van der Waals surface area contributed by atoms with Gasteiger partial charge in [0, 0.05) is 5.56 Å². The smallest absolute Gasteiger partial charge is 0.311 e. The molecule has 2 aromatic rings. The molecule has 4 nitrogen and oxygen atoms in total. The minimum Gasteiger partial charge on any atom is -0.457 e. The van der Waals surface area contributed by atoms with Crippen LogP contribution in [0.5, 0.6) is 11.5 Å². The first-order valence-electron chi connectivity index (χ1n) is 8.78. The molecule has 6 heteroatoms. The molecule has 0 aromatic heterocycles. The normalized spacial score (nSPS) is 20.4.